The number of benzene rings is 2. The molecule has 0 aliphatic carbocycles. The number of nitrogens with zero attached hydrogens (tertiary/aromatic N) is 1. The summed E-state index contributed by atoms with van der Waals surface area (Å²) in [4.78, 5) is 12.5. The second-order valence-corrected chi connectivity index (χ2v) is 12.4. The number of unbranched alkanes of at least 4 members (excludes halogenated alkanes) is 13. The molecule has 3 aromatic rings. The van der Waals surface area contributed by atoms with E-state index >= 15 is 0 Å². The lowest BCUT2D eigenvalue weighted by Crippen LogP contribution is -2.30. The van der Waals surface area contributed by atoms with Crippen LogP contribution in [0.4, 0.5) is 0 Å². The molecular weight excluding hydrogens is 541 g/mol. The third kappa shape index (κ3) is 13.8. The predicted molar refractivity (Wildman–Crippen MR) is 161 cm³/mol. The van der Waals surface area contributed by atoms with Crippen molar-refractivity contribution < 1.29 is 27.8 Å². The maximum atomic E-state index is 12.5. The Labute approximate surface area is 245 Å². The van der Waals surface area contributed by atoms with Gasteiger partial charge in [-0.15, -0.1) is 0 Å². The molecule has 3 rings (SSSR count). The minimum absolute atomic E-state index is 0.187. The number of aromatic nitrogens is 1. The molecule has 1 unspecified atom stereocenters. The van der Waals surface area contributed by atoms with Gasteiger partial charge >= 0.3 is 7.82 Å². The lowest BCUT2D eigenvalue weighted by atomic mass is 10.0. The van der Waals surface area contributed by atoms with E-state index in [2.05, 4.69) is 6.92 Å². The monoisotopic (exact) mass is 587 g/mol. The van der Waals surface area contributed by atoms with Crippen LogP contribution < -0.4 is 23.2 Å². The molecule has 0 N–H and O–H groups in total. The SMILES string of the molecule is CCCCCCCCCCCCCCCCOc1ccc(OP(=O)([O-])Oc2cccc(C[n+]3ccsc3)c2)cc1. The molecule has 40 heavy (non-hydrogen) atoms. The summed E-state index contributed by atoms with van der Waals surface area (Å²) in [5.41, 5.74) is 2.92. The van der Waals surface area contributed by atoms with Crippen LogP contribution in [0.25, 0.3) is 0 Å². The second-order valence-electron chi connectivity index (χ2n) is 10.4. The van der Waals surface area contributed by atoms with Gasteiger partial charge in [-0.1, -0.05) is 114 Å². The van der Waals surface area contributed by atoms with Gasteiger partial charge in [0.25, 0.3) is 0 Å². The van der Waals surface area contributed by atoms with Gasteiger partial charge in [-0.3, -0.25) is 0 Å². The Kier molecular flexibility index (Phi) is 15.2. The molecule has 1 heterocycles. The fraction of sp³-hybridized carbons (Fsp3) is 0.531. The number of phosphoric acid groups is 1. The first-order chi connectivity index (χ1) is 19.5. The van der Waals surface area contributed by atoms with Crippen molar-refractivity contribution >= 4 is 19.2 Å². The minimum atomic E-state index is -4.59. The van der Waals surface area contributed by atoms with Gasteiger partial charge in [0, 0.05) is 5.56 Å². The zero-order chi connectivity index (χ0) is 28.3. The third-order valence-electron chi connectivity index (χ3n) is 6.82. The van der Waals surface area contributed by atoms with E-state index in [4.69, 9.17) is 13.8 Å². The number of hydrogen-bond donors (Lipinski definition) is 0. The smallest absolute Gasteiger partial charge is 0.372 e. The van der Waals surface area contributed by atoms with Gasteiger partial charge in [0.15, 0.2) is 12.7 Å². The van der Waals surface area contributed by atoms with Crippen LogP contribution in [0.5, 0.6) is 17.2 Å². The molecule has 0 radical (unpaired) electrons. The van der Waals surface area contributed by atoms with E-state index in [1.807, 2.05) is 27.7 Å². The number of phosphoric ester groups is 1. The maximum Gasteiger partial charge on any atom is 0.372 e. The van der Waals surface area contributed by atoms with Gasteiger partial charge in [-0.25, -0.2) is 4.57 Å². The molecule has 0 bridgehead atoms. The molecule has 0 saturated carbocycles. The highest BCUT2D eigenvalue weighted by molar-refractivity contribution is 7.46. The predicted octanol–water partition coefficient (Wildman–Crippen LogP) is 8.87. The molecule has 220 valence electrons. The summed E-state index contributed by atoms with van der Waals surface area (Å²) in [5, 5.41) is 1.98. The van der Waals surface area contributed by atoms with Crippen LogP contribution >= 0.6 is 19.2 Å². The molecule has 1 atom stereocenters. The zero-order valence-electron chi connectivity index (χ0n) is 24.0. The third-order valence-corrected chi connectivity index (χ3v) is 8.36. The fourth-order valence-electron chi connectivity index (χ4n) is 4.62. The second kappa shape index (κ2) is 18.9. The Morgan fingerprint density at radius 1 is 0.750 bits per heavy atom. The molecule has 0 amide bonds. The van der Waals surface area contributed by atoms with Crippen molar-refractivity contribution in [3.05, 3.63) is 71.2 Å². The van der Waals surface area contributed by atoms with Crippen LogP contribution in [0.1, 0.15) is 102 Å². The van der Waals surface area contributed by atoms with E-state index in [1.54, 1.807) is 53.8 Å². The van der Waals surface area contributed by atoms with Crippen molar-refractivity contribution in [1.82, 2.24) is 0 Å². The average molecular weight is 588 g/mol. The molecule has 1 aromatic heterocycles. The van der Waals surface area contributed by atoms with Gasteiger partial charge in [-0.05, 0) is 42.8 Å². The summed E-state index contributed by atoms with van der Waals surface area (Å²) in [6.45, 7) is 3.55. The zero-order valence-corrected chi connectivity index (χ0v) is 25.7. The van der Waals surface area contributed by atoms with Gasteiger partial charge in [0.05, 0.1) is 12.0 Å². The Bertz CT molecular complexity index is 1110. The van der Waals surface area contributed by atoms with E-state index in [1.165, 1.54) is 83.5 Å². The van der Waals surface area contributed by atoms with Crippen molar-refractivity contribution in [3.8, 4) is 17.2 Å². The van der Waals surface area contributed by atoms with Crippen LogP contribution in [-0.4, -0.2) is 6.61 Å². The van der Waals surface area contributed by atoms with Crippen LogP contribution in [0.2, 0.25) is 0 Å². The maximum absolute atomic E-state index is 12.5. The molecule has 0 fully saturated rings. The summed E-state index contributed by atoms with van der Waals surface area (Å²) in [6, 6.07) is 13.6. The number of hydrogen-bond acceptors (Lipinski definition) is 6. The summed E-state index contributed by atoms with van der Waals surface area (Å²) in [7, 11) is -4.59. The van der Waals surface area contributed by atoms with Crippen LogP contribution in [0.15, 0.2) is 65.6 Å². The summed E-state index contributed by atoms with van der Waals surface area (Å²) < 4.78 is 30.6. The normalized spacial score (nSPS) is 12.7. The van der Waals surface area contributed by atoms with Crippen LogP contribution in [0.3, 0.4) is 0 Å². The summed E-state index contributed by atoms with van der Waals surface area (Å²) in [6.07, 6.45) is 20.5. The largest absolute Gasteiger partial charge is 0.736 e. The van der Waals surface area contributed by atoms with E-state index < -0.39 is 7.82 Å². The average Bonchev–Trinajstić information content (AvgIpc) is 3.44. The number of ether oxygens (including phenoxy) is 1. The van der Waals surface area contributed by atoms with E-state index in [0.29, 0.717) is 18.9 Å². The van der Waals surface area contributed by atoms with Gasteiger partial charge in [0.2, 0.25) is 5.51 Å². The van der Waals surface area contributed by atoms with E-state index in [9.17, 15) is 9.46 Å². The van der Waals surface area contributed by atoms with Crippen molar-refractivity contribution in [3.63, 3.8) is 0 Å². The van der Waals surface area contributed by atoms with Crippen molar-refractivity contribution in [1.29, 1.82) is 0 Å². The van der Waals surface area contributed by atoms with Gasteiger partial charge in [0.1, 0.15) is 17.2 Å². The number of thiazole rings is 1. The molecule has 0 aliphatic rings. The van der Waals surface area contributed by atoms with Gasteiger partial charge in [-0.2, -0.15) is 4.57 Å². The molecule has 2 aromatic carbocycles. The van der Waals surface area contributed by atoms with E-state index in [0.717, 1.165) is 12.0 Å². The summed E-state index contributed by atoms with van der Waals surface area (Å²) in [5.74, 6) is 1.11. The topological polar surface area (TPSA) is 71.7 Å². The molecular formula is C32H46NO5PS. The molecule has 0 aliphatic heterocycles. The molecule has 8 heteroatoms. The lowest BCUT2D eigenvalue weighted by molar-refractivity contribution is -0.683. The van der Waals surface area contributed by atoms with Crippen molar-refractivity contribution in [2.24, 2.45) is 0 Å². The van der Waals surface area contributed by atoms with Gasteiger partial charge < -0.3 is 18.7 Å². The van der Waals surface area contributed by atoms with E-state index in [-0.39, 0.29) is 11.5 Å². The van der Waals surface area contributed by atoms with Crippen molar-refractivity contribution in [2.75, 3.05) is 6.61 Å². The Balaban J connectivity index is 1.24. The highest BCUT2D eigenvalue weighted by Gasteiger charge is 2.14. The first-order valence-electron chi connectivity index (χ1n) is 15.0. The van der Waals surface area contributed by atoms with Crippen LogP contribution in [0, 0.1) is 0 Å². The summed E-state index contributed by atoms with van der Waals surface area (Å²) >= 11 is 1.60. The lowest BCUT2D eigenvalue weighted by Gasteiger charge is -2.24. The fourth-order valence-corrected chi connectivity index (χ4v) is 6.01. The molecule has 6 nitrogen and oxygen atoms in total. The quantitative estimate of drug-likeness (QED) is 0.0667. The Morgan fingerprint density at radius 3 is 1.93 bits per heavy atom. The Hall–Kier alpha value is -2.34. The minimum Gasteiger partial charge on any atom is -0.736 e. The molecule has 0 spiro atoms. The Morgan fingerprint density at radius 2 is 1.32 bits per heavy atom. The van der Waals surface area contributed by atoms with Crippen LogP contribution in [-0.2, 0) is 11.1 Å². The molecule has 0 saturated heterocycles. The highest BCUT2D eigenvalue weighted by Crippen LogP contribution is 2.41. The highest BCUT2D eigenvalue weighted by atomic mass is 32.1. The first-order valence-corrected chi connectivity index (χ1v) is 17.4. The standard InChI is InChI=1S/C32H46NO5PS/c1-2-3-4-5-6-7-8-9-10-11-12-13-14-15-24-36-30-19-21-31(22-20-30)37-39(34,35)38-32-18-16-17-29(26-32)27-33-23-25-40-28-33/h16-23,25-26,28H,2-15,24,27H2,1H3. The number of rotatable bonds is 22. The first kappa shape index (κ1) is 32.2. The van der Waals surface area contributed by atoms with Crippen molar-refractivity contribution in [2.45, 2.75) is 103 Å².